The maximum atomic E-state index is 12.8. The Morgan fingerprint density at radius 1 is 1.19 bits per heavy atom. The molecule has 0 bridgehead atoms. The molecule has 0 radical (unpaired) electrons. The van der Waals surface area contributed by atoms with E-state index in [9.17, 15) is 9.59 Å². The second kappa shape index (κ2) is 8.07. The molecule has 1 saturated heterocycles. The smallest absolute Gasteiger partial charge is 0.269 e. The van der Waals surface area contributed by atoms with Crippen LogP contribution in [0.4, 0.5) is 11.5 Å². The largest absolute Gasteiger partial charge is 0.443 e. The second-order valence-electron chi connectivity index (χ2n) is 9.49. The molecule has 1 aliphatic carbocycles. The highest BCUT2D eigenvalue weighted by atomic mass is 16.3. The lowest BCUT2D eigenvalue weighted by molar-refractivity contribution is -0.119. The Bertz CT molecular complexity index is 1210. The molecule has 3 heterocycles. The number of carbonyl (C=O) groups is 1. The van der Waals surface area contributed by atoms with Gasteiger partial charge in [0.05, 0.1) is 5.69 Å². The van der Waals surface area contributed by atoms with Gasteiger partial charge in [-0.05, 0) is 42.4 Å². The van der Waals surface area contributed by atoms with Gasteiger partial charge in [-0.25, -0.2) is 9.67 Å². The van der Waals surface area contributed by atoms with E-state index in [1.807, 2.05) is 37.2 Å². The van der Waals surface area contributed by atoms with Crippen LogP contribution in [0.25, 0.3) is 11.1 Å². The molecule has 0 atom stereocenters. The summed E-state index contributed by atoms with van der Waals surface area (Å²) >= 11 is 0. The summed E-state index contributed by atoms with van der Waals surface area (Å²) in [6.07, 6.45) is 7.93. The fraction of sp³-hybridized carbons (Fsp3) is 0.500. The third-order valence-electron chi connectivity index (χ3n) is 6.97. The molecule has 1 aliphatic heterocycles. The van der Waals surface area contributed by atoms with Crippen LogP contribution in [0.2, 0.25) is 0 Å². The Hall–Kier alpha value is -3.16. The normalized spacial score (nSPS) is 17.5. The van der Waals surface area contributed by atoms with E-state index in [2.05, 4.69) is 9.88 Å². The molecule has 2 fully saturated rings. The number of benzene rings is 1. The monoisotopic (exact) mass is 435 g/mol. The summed E-state index contributed by atoms with van der Waals surface area (Å²) in [5.74, 6) is 0.731. The van der Waals surface area contributed by atoms with Crippen LogP contribution in [0.1, 0.15) is 37.7 Å². The first-order valence-corrected chi connectivity index (χ1v) is 11.3. The summed E-state index contributed by atoms with van der Waals surface area (Å²) < 4.78 is 6.57. The minimum Gasteiger partial charge on any atom is -0.443 e. The van der Waals surface area contributed by atoms with Crippen LogP contribution in [0.15, 0.2) is 39.9 Å². The van der Waals surface area contributed by atoms with Gasteiger partial charge in [0.15, 0.2) is 23.6 Å². The minimum absolute atomic E-state index is 0.0463. The second-order valence-corrected chi connectivity index (χ2v) is 9.49. The van der Waals surface area contributed by atoms with E-state index in [0.717, 1.165) is 35.7 Å². The zero-order valence-electron chi connectivity index (χ0n) is 18.7. The summed E-state index contributed by atoms with van der Waals surface area (Å²) in [6, 6.07) is 7.12. The first-order valence-electron chi connectivity index (χ1n) is 11.3. The number of Topliss-reactive ketones (excluding diaryl/α,β-unsaturated/α-hetero) is 1. The van der Waals surface area contributed by atoms with Gasteiger partial charge >= 0.3 is 0 Å². The van der Waals surface area contributed by atoms with Crippen LogP contribution in [0.3, 0.4) is 0 Å². The Morgan fingerprint density at radius 2 is 2.00 bits per heavy atom. The third-order valence-corrected chi connectivity index (χ3v) is 6.97. The van der Waals surface area contributed by atoms with E-state index in [1.54, 1.807) is 6.07 Å². The molecule has 8 heteroatoms. The highest BCUT2D eigenvalue weighted by Crippen LogP contribution is 2.46. The van der Waals surface area contributed by atoms with E-state index in [-0.39, 0.29) is 24.3 Å². The van der Waals surface area contributed by atoms with Crippen molar-refractivity contribution in [1.29, 1.82) is 0 Å². The molecule has 1 saturated carbocycles. The van der Waals surface area contributed by atoms with Crippen LogP contribution in [-0.2, 0) is 17.8 Å². The highest BCUT2D eigenvalue weighted by molar-refractivity contribution is 5.82. The van der Waals surface area contributed by atoms with Crippen molar-refractivity contribution in [2.24, 2.45) is 5.41 Å². The molecule has 1 aromatic carbocycles. The van der Waals surface area contributed by atoms with Gasteiger partial charge in [-0.15, -0.1) is 5.10 Å². The Balaban J connectivity index is 1.38. The molecule has 0 N–H and O–H groups in total. The molecular formula is C24H29N5O3. The van der Waals surface area contributed by atoms with Crippen molar-refractivity contribution in [3.63, 3.8) is 0 Å². The number of hydrogen-bond acceptors (Lipinski definition) is 7. The average molecular weight is 436 g/mol. The number of oxazole rings is 1. The molecule has 1 spiro atoms. The van der Waals surface area contributed by atoms with Gasteiger partial charge in [0.25, 0.3) is 5.56 Å². The predicted octanol–water partition coefficient (Wildman–Crippen LogP) is 3.03. The van der Waals surface area contributed by atoms with Crippen molar-refractivity contribution in [3.05, 3.63) is 46.6 Å². The minimum atomic E-state index is -0.257. The van der Waals surface area contributed by atoms with Gasteiger partial charge in [0.1, 0.15) is 12.1 Å². The van der Waals surface area contributed by atoms with Gasteiger partial charge < -0.3 is 14.2 Å². The number of rotatable bonds is 6. The summed E-state index contributed by atoms with van der Waals surface area (Å²) in [4.78, 5) is 33.9. The maximum Gasteiger partial charge on any atom is 0.269 e. The quantitative estimate of drug-likeness (QED) is 0.588. The lowest BCUT2D eigenvalue weighted by Gasteiger charge is -2.27. The number of aromatic nitrogens is 3. The van der Waals surface area contributed by atoms with Gasteiger partial charge in [-0.1, -0.05) is 18.9 Å². The van der Waals surface area contributed by atoms with Gasteiger partial charge in [-0.3, -0.25) is 9.59 Å². The van der Waals surface area contributed by atoms with E-state index >= 15 is 0 Å². The number of fused-ring (bicyclic) bond motifs is 1. The van der Waals surface area contributed by atoms with Crippen molar-refractivity contribution in [2.45, 2.75) is 45.1 Å². The number of anilines is 2. The van der Waals surface area contributed by atoms with Crippen molar-refractivity contribution < 1.29 is 9.21 Å². The van der Waals surface area contributed by atoms with Gasteiger partial charge in [-0.2, -0.15) is 0 Å². The molecule has 2 aliphatic rings. The van der Waals surface area contributed by atoms with E-state index in [0.29, 0.717) is 11.0 Å². The topological polar surface area (TPSA) is 84.5 Å². The fourth-order valence-corrected chi connectivity index (χ4v) is 5.25. The maximum absolute atomic E-state index is 12.8. The molecule has 5 rings (SSSR count). The summed E-state index contributed by atoms with van der Waals surface area (Å²) in [5, 5.41) is 4.69. The van der Waals surface area contributed by atoms with Crippen molar-refractivity contribution in [1.82, 2.24) is 14.8 Å². The fourth-order valence-electron chi connectivity index (χ4n) is 5.25. The average Bonchev–Trinajstić information content (AvgIpc) is 3.51. The van der Waals surface area contributed by atoms with Crippen LogP contribution >= 0.6 is 0 Å². The zero-order valence-corrected chi connectivity index (χ0v) is 18.7. The lowest BCUT2D eigenvalue weighted by atomic mass is 9.86. The zero-order chi connectivity index (χ0) is 22.3. The molecule has 2 aromatic heterocycles. The predicted molar refractivity (Wildman–Crippen MR) is 123 cm³/mol. The standard InChI is InChI=1S/C24H29N5O3/c1-27(2)20-13-22(31)29(26-23(20)28-10-9-24(15-28)7-3-4-8-24)14-18(30)11-17-5-6-21-19(12-17)25-16-32-21/h5-6,12-13,16H,3-4,7-11,14-15H2,1-2H3. The summed E-state index contributed by atoms with van der Waals surface area (Å²) in [7, 11) is 3.85. The third kappa shape index (κ3) is 3.89. The molecular weight excluding hydrogens is 406 g/mol. The van der Waals surface area contributed by atoms with Crippen molar-refractivity contribution >= 4 is 28.4 Å². The molecule has 0 unspecified atom stereocenters. The van der Waals surface area contributed by atoms with Crippen LogP contribution in [-0.4, -0.2) is 47.7 Å². The van der Waals surface area contributed by atoms with E-state index < -0.39 is 0 Å². The molecule has 32 heavy (non-hydrogen) atoms. The van der Waals surface area contributed by atoms with Crippen molar-refractivity contribution in [3.8, 4) is 0 Å². The Labute approximate surface area is 186 Å². The van der Waals surface area contributed by atoms with E-state index in [4.69, 9.17) is 9.52 Å². The Morgan fingerprint density at radius 3 is 2.78 bits per heavy atom. The number of hydrogen-bond donors (Lipinski definition) is 0. The molecule has 3 aromatic rings. The summed E-state index contributed by atoms with van der Waals surface area (Å²) in [6.45, 7) is 1.87. The Kier molecular flexibility index (Phi) is 5.23. The molecule has 168 valence electrons. The first-order chi connectivity index (χ1) is 15.4. The first kappa shape index (κ1) is 20.7. The molecule has 8 nitrogen and oxygen atoms in total. The lowest BCUT2D eigenvalue weighted by Crippen LogP contribution is -2.33. The SMILES string of the molecule is CN(C)c1cc(=O)n(CC(=O)Cc2ccc3ocnc3c2)nc1N1CCC2(CCCC2)C1. The van der Waals surface area contributed by atoms with Crippen LogP contribution < -0.4 is 15.4 Å². The van der Waals surface area contributed by atoms with Crippen LogP contribution in [0, 0.1) is 5.41 Å². The molecule has 0 amide bonds. The van der Waals surface area contributed by atoms with E-state index in [1.165, 1.54) is 43.2 Å². The van der Waals surface area contributed by atoms with Gasteiger partial charge in [0, 0.05) is 39.7 Å². The number of ketones is 1. The number of nitrogens with zero attached hydrogens (tertiary/aromatic N) is 5. The highest BCUT2D eigenvalue weighted by Gasteiger charge is 2.41. The van der Waals surface area contributed by atoms with Crippen molar-refractivity contribution in [2.75, 3.05) is 37.0 Å². The van der Waals surface area contributed by atoms with Gasteiger partial charge in [0.2, 0.25) is 0 Å². The summed E-state index contributed by atoms with van der Waals surface area (Å²) in [5.41, 5.74) is 3.20. The number of carbonyl (C=O) groups excluding carboxylic acids is 1. The van der Waals surface area contributed by atoms with Crippen LogP contribution in [0.5, 0.6) is 0 Å².